The van der Waals surface area contributed by atoms with E-state index in [0.717, 1.165) is 0 Å². The zero-order valence-corrected chi connectivity index (χ0v) is 15.5. The van der Waals surface area contributed by atoms with Gasteiger partial charge in [0.05, 0.1) is 13.0 Å². The minimum atomic E-state index is -4.84. The second-order valence-corrected chi connectivity index (χ2v) is 6.07. The van der Waals surface area contributed by atoms with Gasteiger partial charge in [-0.2, -0.15) is 0 Å². The molecule has 1 aliphatic heterocycles. The van der Waals surface area contributed by atoms with Crippen molar-refractivity contribution in [2.24, 2.45) is 5.73 Å². The van der Waals surface area contributed by atoms with Gasteiger partial charge in [0.2, 0.25) is 5.91 Å². The molecule has 0 aromatic heterocycles. The number of para-hydroxylation sites is 1. The van der Waals surface area contributed by atoms with Crippen LogP contribution in [0.1, 0.15) is 5.56 Å². The Hall–Kier alpha value is -1.66. The third-order valence-corrected chi connectivity index (χ3v) is 3.99. The van der Waals surface area contributed by atoms with Crippen LogP contribution in [-0.4, -0.2) is 47.7 Å². The fraction of sp³-hybridized carbons (Fsp3) is 0.250. The number of nitrogens with one attached hydrogen (secondary N) is 2. The van der Waals surface area contributed by atoms with Crippen LogP contribution in [0.2, 0.25) is 0 Å². The number of rotatable bonds is 5. The van der Waals surface area contributed by atoms with Gasteiger partial charge in [-0.25, -0.2) is 17.5 Å². The summed E-state index contributed by atoms with van der Waals surface area (Å²) in [5.74, 6) is -1.54. The summed E-state index contributed by atoms with van der Waals surface area (Å²) in [5.41, 5.74) is 5.83. The summed E-state index contributed by atoms with van der Waals surface area (Å²) >= 11 is 0. The zero-order chi connectivity index (χ0) is 17.2. The standard InChI is InChI=1S/C12H14N4O6S.Na/c13-12(19)15-8-4-2-1-3-7(8)5-10(17)14-9-6-16(11(9)18)23(20,21)22;/h1-4,9H,5-6H2,(H,14,17)(H3,13,15,19)(H,20,21,22);/q;+1/p-1. The molecule has 1 atom stereocenters. The topological polar surface area (TPSA) is 162 Å². The Balaban J connectivity index is 0.00000288. The first-order valence-electron chi connectivity index (χ1n) is 6.39. The predicted octanol–water partition coefficient (Wildman–Crippen LogP) is -4.49. The zero-order valence-electron chi connectivity index (χ0n) is 12.7. The summed E-state index contributed by atoms with van der Waals surface area (Å²) < 4.78 is 32.2. The molecule has 1 aliphatic rings. The van der Waals surface area contributed by atoms with E-state index in [4.69, 9.17) is 5.73 Å². The van der Waals surface area contributed by atoms with Gasteiger partial charge in [0.15, 0.2) is 10.3 Å². The SMILES string of the molecule is NC(=O)Nc1ccccc1CC(=O)NC1CN(S(=O)(=O)[O-])C1=O.[Na+]. The molecule has 24 heavy (non-hydrogen) atoms. The molecule has 0 aliphatic carbocycles. The van der Waals surface area contributed by atoms with Gasteiger partial charge in [-0.15, -0.1) is 0 Å². The molecule has 10 nitrogen and oxygen atoms in total. The van der Waals surface area contributed by atoms with Gasteiger partial charge < -0.3 is 20.9 Å². The number of nitrogens with two attached hydrogens (primary N) is 1. The number of primary amides is 1. The summed E-state index contributed by atoms with van der Waals surface area (Å²) in [6, 6.07) is 4.58. The first-order chi connectivity index (χ1) is 10.7. The fourth-order valence-electron chi connectivity index (χ4n) is 2.05. The molecular formula is C12H13N4NaO6S. The molecule has 0 spiro atoms. The molecule has 1 unspecified atom stereocenters. The molecule has 1 aromatic carbocycles. The van der Waals surface area contributed by atoms with Crippen molar-refractivity contribution in [3.63, 3.8) is 0 Å². The largest absolute Gasteiger partial charge is 1.00 e. The minimum Gasteiger partial charge on any atom is -0.731 e. The van der Waals surface area contributed by atoms with E-state index in [1.165, 1.54) is 0 Å². The molecule has 0 radical (unpaired) electrons. The Bertz CT molecular complexity index is 769. The smallest absolute Gasteiger partial charge is 0.731 e. The summed E-state index contributed by atoms with van der Waals surface area (Å²) in [6.45, 7) is -0.391. The molecule has 12 heteroatoms. The number of carbonyl (C=O) groups is 3. The van der Waals surface area contributed by atoms with Crippen molar-refractivity contribution < 1.29 is 56.9 Å². The van der Waals surface area contributed by atoms with Crippen LogP contribution in [0.3, 0.4) is 0 Å². The Morgan fingerprint density at radius 3 is 2.50 bits per heavy atom. The number of amides is 4. The molecule has 1 fully saturated rings. The van der Waals surface area contributed by atoms with E-state index in [9.17, 15) is 27.4 Å². The molecular weight excluding hydrogens is 351 g/mol. The average molecular weight is 364 g/mol. The number of hydrogen-bond acceptors (Lipinski definition) is 6. The first-order valence-corrected chi connectivity index (χ1v) is 7.76. The third-order valence-electron chi connectivity index (χ3n) is 3.12. The molecule has 1 heterocycles. The van der Waals surface area contributed by atoms with E-state index < -0.39 is 40.7 Å². The van der Waals surface area contributed by atoms with E-state index in [-0.39, 0.29) is 40.3 Å². The van der Waals surface area contributed by atoms with Crippen molar-refractivity contribution in [2.45, 2.75) is 12.5 Å². The molecule has 0 saturated carbocycles. The van der Waals surface area contributed by atoms with Gasteiger partial charge >= 0.3 is 35.6 Å². The number of hydrogen-bond donors (Lipinski definition) is 3. The molecule has 0 bridgehead atoms. The Morgan fingerprint density at radius 1 is 1.33 bits per heavy atom. The van der Waals surface area contributed by atoms with Crippen molar-refractivity contribution >= 4 is 33.8 Å². The number of carbonyl (C=O) groups excluding carboxylic acids is 3. The van der Waals surface area contributed by atoms with E-state index in [1.807, 2.05) is 0 Å². The molecule has 1 aromatic rings. The normalized spacial score (nSPS) is 16.6. The first kappa shape index (κ1) is 20.4. The summed E-state index contributed by atoms with van der Waals surface area (Å²) in [4.78, 5) is 34.3. The summed E-state index contributed by atoms with van der Waals surface area (Å²) in [7, 11) is -4.84. The van der Waals surface area contributed by atoms with Crippen LogP contribution in [0.25, 0.3) is 0 Å². The Kier molecular flexibility index (Phi) is 6.75. The Morgan fingerprint density at radius 2 is 1.96 bits per heavy atom. The predicted molar refractivity (Wildman–Crippen MR) is 76.7 cm³/mol. The van der Waals surface area contributed by atoms with Crippen LogP contribution in [0.4, 0.5) is 10.5 Å². The van der Waals surface area contributed by atoms with Gasteiger partial charge in [0.1, 0.15) is 6.04 Å². The van der Waals surface area contributed by atoms with Gasteiger partial charge in [-0.3, -0.25) is 9.59 Å². The number of β-lactam (4-membered cyclic amide) rings is 1. The molecule has 2 rings (SSSR count). The molecule has 4 amide bonds. The molecule has 124 valence electrons. The maximum Gasteiger partial charge on any atom is 1.00 e. The second-order valence-electron chi connectivity index (χ2n) is 4.77. The number of anilines is 1. The number of benzene rings is 1. The van der Waals surface area contributed by atoms with Crippen molar-refractivity contribution in [1.82, 2.24) is 9.62 Å². The maximum atomic E-state index is 11.9. The van der Waals surface area contributed by atoms with E-state index in [1.54, 1.807) is 24.3 Å². The van der Waals surface area contributed by atoms with Crippen LogP contribution in [0.15, 0.2) is 24.3 Å². The van der Waals surface area contributed by atoms with Crippen molar-refractivity contribution in [2.75, 3.05) is 11.9 Å². The van der Waals surface area contributed by atoms with Crippen molar-refractivity contribution in [1.29, 1.82) is 0 Å². The van der Waals surface area contributed by atoms with Crippen LogP contribution in [-0.2, 0) is 26.3 Å². The van der Waals surface area contributed by atoms with E-state index in [0.29, 0.717) is 11.3 Å². The Labute approximate surface area is 159 Å². The quantitative estimate of drug-likeness (QED) is 0.271. The summed E-state index contributed by atoms with van der Waals surface area (Å²) in [5, 5.41) is 4.68. The van der Waals surface area contributed by atoms with Crippen LogP contribution in [0, 0.1) is 0 Å². The van der Waals surface area contributed by atoms with Crippen LogP contribution >= 0.6 is 0 Å². The minimum absolute atomic E-state index is 0. The number of urea groups is 1. The van der Waals surface area contributed by atoms with Gasteiger partial charge in [-0.05, 0) is 11.6 Å². The summed E-state index contributed by atoms with van der Waals surface area (Å²) in [6.07, 6.45) is -0.162. The van der Waals surface area contributed by atoms with Gasteiger partial charge in [0, 0.05) is 5.69 Å². The van der Waals surface area contributed by atoms with E-state index >= 15 is 0 Å². The van der Waals surface area contributed by atoms with Gasteiger partial charge in [0.25, 0.3) is 5.91 Å². The third kappa shape index (κ3) is 4.92. The van der Waals surface area contributed by atoms with Crippen molar-refractivity contribution in [3.05, 3.63) is 29.8 Å². The second kappa shape index (κ2) is 7.94. The van der Waals surface area contributed by atoms with Crippen LogP contribution in [0.5, 0.6) is 0 Å². The maximum absolute atomic E-state index is 11.9. The molecule has 1 saturated heterocycles. The fourth-order valence-corrected chi connectivity index (χ4v) is 2.73. The number of nitrogens with zero attached hydrogens (tertiary/aromatic N) is 1. The monoisotopic (exact) mass is 364 g/mol. The molecule has 4 N–H and O–H groups in total. The van der Waals surface area contributed by atoms with E-state index in [2.05, 4.69) is 10.6 Å². The average Bonchev–Trinajstić information content (AvgIpc) is 2.43. The van der Waals surface area contributed by atoms with Crippen molar-refractivity contribution in [3.8, 4) is 0 Å². The van der Waals surface area contributed by atoms with Gasteiger partial charge in [-0.1, -0.05) is 18.2 Å². The van der Waals surface area contributed by atoms with Crippen LogP contribution < -0.4 is 45.9 Å².